The largest absolute Gasteiger partial charge is 0.444 e. The van der Waals surface area contributed by atoms with Crippen LogP contribution in [0.4, 0.5) is 4.79 Å². The van der Waals surface area contributed by atoms with Gasteiger partial charge in [0.15, 0.2) is 11.6 Å². The molecule has 12 rings (SSSR count). The number of nitrogens with one attached hydrogen (secondary N) is 5. The first-order valence-electron chi connectivity index (χ1n) is 30.1. The number of pyridine rings is 2. The van der Waals surface area contributed by atoms with E-state index in [1.807, 2.05) is 107 Å². The number of hydrogen-bond acceptors (Lipinski definition) is 13. The quantitative estimate of drug-likeness (QED) is 0.0524. The van der Waals surface area contributed by atoms with Gasteiger partial charge in [-0.3, -0.25) is 19.2 Å². The first-order valence-corrected chi connectivity index (χ1v) is 30.1. The lowest BCUT2D eigenvalue weighted by Gasteiger charge is -2.24. The zero-order chi connectivity index (χ0) is 61.3. The second-order valence-corrected chi connectivity index (χ2v) is 25.2. The maximum Gasteiger partial charge on any atom is 0.410 e. The Kier molecular flexibility index (Phi) is 21.9. The molecule has 480 valence electrons. The van der Waals surface area contributed by atoms with Crippen LogP contribution in [-0.4, -0.2) is 180 Å². The molecule has 0 unspecified atom stereocenters. The van der Waals surface area contributed by atoms with Gasteiger partial charge in [0.1, 0.15) is 16.9 Å². The van der Waals surface area contributed by atoms with Crippen LogP contribution in [0.25, 0.3) is 67.2 Å². The summed E-state index contributed by atoms with van der Waals surface area (Å²) in [6, 6.07) is 22.1. The van der Waals surface area contributed by atoms with Crippen LogP contribution in [0.15, 0.2) is 109 Å². The third-order valence-electron chi connectivity index (χ3n) is 16.3. The van der Waals surface area contributed by atoms with E-state index >= 15 is 0 Å². The number of likely N-dealkylation sites (tertiary alicyclic amines) is 1. The molecule has 22 nitrogen and oxygen atoms in total. The normalized spacial score (nSPS) is 18.2. The topological polar surface area (TPSA) is 236 Å². The second kappa shape index (κ2) is 29.0. The highest BCUT2D eigenvalue weighted by Crippen LogP contribution is 2.38. The second-order valence-electron chi connectivity index (χ2n) is 25.2. The van der Waals surface area contributed by atoms with Gasteiger partial charge in [0.05, 0.1) is 57.6 Å². The SMILES string of the molecule is CN(C)C/C=C/C(=O)N[C@@H]1CN(C(=O)OC(C)(C)C)C[C@H]1NC(=O)c1ccc2c(c1)nc(-c1cc3cccnc3n1CC1CC1)n2C.CN(C)C/C=C/C(=O)N[C@@H]1CNC[C@H]1NC(=O)c1ccc2c(c1)nc(-c1cc3cccnc3n1CC1CC1)n2C.Cl.Cl.Cl. The summed E-state index contributed by atoms with van der Waals surface area (Å²) in [6.07, 6.45) is 14.7. The highest BCUT2D eigenvalue weighted by molar-refractivity contribution is 6.00. The van der Waals surface area contributed by atoms with Crippen LogP contribution in [-0.2, 0) is 41.5 Å². The van der Waals surface area contributed by atoms with Gasteiger partial charge in [-0.15, -0.1) is 37.2 Å². The lowest BCUT2D eigenvalue weighted by atomic mass is 10.1. The van der Waals surface area contributed by atoms with E-state index in [0.29, 0.717) is 54.7 Å². The monoisotopic (exact) mass is 1290 g/mol. The van der Waals surface area contributed by atoms with Crippen molar-refractivity contribution >= 4 is 111 Å². The lowest BCUT2D eigenvalue weighted by molar-refractivity contribution is -0.118. The minimum absolute atomic E-state index is 0. The number of likely N-dealkylation sites (N-methyl/N-ethyl adjacent to an activating group) is 2. The molecule has 8 heterocycles. The predicted octanol–water partition coefficient (Wildman–Crippen LogP) is 7.52. The molecule has 0 radical (unpaired) electrons. The van der Waals surface area contributed by atoms with Gasteiger partial charge >= 0.3 is 6.09 Å². The van der Waals surface area contributed by atoms with Gasteiger partial charge in [0.2, 0.25) is 11.8 Å². The third kappa shape index (κ3) is 16.0. The summed E-state index contributed by atoms with van der Waals surface area (Å²) in [4.78, 5) is 89.7. The van der Waals surface area contributed by atoms with Crippen molar-refractivity contribution in [2.75, 3.05) is 67.5 Å². The molecule has 4 aliphatic rings. The fourth-order valence-electron chi connectivity index (χ4n) is 11.4. The maximum atomic E-state index is 13.7. The zero-order valence-electron chi connectivity index (χ0n) is 52.4. The van der Waals surface area contributed by atoms with Gasteiger partial charge in [0.25, 0.3) is 11.8 Å². The molecule has 0 spiro atoms. The predicted molar refractivity (Wildman–Crippen MR) is 359 cm³/mol. The van der Waals surface area contributed by atoms with Crippen LogP contribution >= 0.6 is 37.2 Å². The molecule has 5 N–H and O–H groups in total. The summed E-state index contributed by atoms with van der Waals surface area (Å²) in [5, 5.41) is 17.6. The van der Waals surface area contributed by atoms with E-state index in [0.717, 1.165) is 74.7 Å². The van der Waals surface area contributed by atoms with E-state index < -0.39 is 23.8 Å². The van der Waals surface area contributed by atoms with Gasteiger partial charge in [-0.1, -0.05) is 12.2 Å². The Morgan fingerprint density at radius 1 is 0.600 bits per heavy atom. The lowest BCUT2D eigenvalue weighted by Crippen LogP contribution is -2.50. The van der Waals surface area contributed by atoms with Crippen molar-refractivity contribution in [1.82, 2.24) is 79.5 Å². The molecule has 0 bridgehead atoms. The Morgan fingerprint density at radius 3 is 1.46 bits per heavy atom. The summed E-state index contributed by atoms with van der Waals surface area (Å²) in [6.45, 7) is 10.1. The number of fused-ring (bicyclic) bond motifs is 4. The van der Waals surface area contributed by atoms with Crippen LogP contribution in [0.1, 0.15) is 67.2 Å². The van der Waals surface area contributed by atoms with Crippen molar-refractivity contribution in [2.45, 2.75) is 89.3 Å². The summed E-state index contributed by atoms with van der Waals surface area (Å²) in [7, 11) is 11.7. The number of hydrogen-bond donors (Lipinski definition) is 5. The Morgan fingerprint density at radius 2 is 1.02 bits per heavy atom. The molecule has 2 saturated carbocycles. The van der Waals surface area contributed by atoms with Crippen LogP contribution in [0.3, 0.4) is 0 Å². The molecule has 2 saturated heterocycles. The smallest absolute Gasteiger partial charge is 0.410 e. The Labute approximate surface area is 542 Å². The fourth-order valence-corrected chi connectivity index (χ4v) is 11.4. The summed E-state index contributed by atoms with van der Waals surface area (Å²) in [5.74, 6) is 2.06. The summed E-state index contributed by atoms with van der Waals surface area (Å²) >= 11 is 0. The van der Waals surface area contributed by atoms with Crippen molar-refractivity contribution in [3.8, 4) is 23.0 Å². The van der Waals surface area contributed by atoms with Crippen LogP contribution in [0.2, 0.25) is 0 Å². The van der Waals surface area contributed by atoms with E-state index in [4.69, 9.17) is 14.7 Å². The number of rotatable bonds is 18. The van der Waals surface area contributed by atoms with E-state index in [1.54, 1.807) is 45.1 Å². The van der Waals surface area contributed by atoms with Gasteiger partial charge < -0.3 is 64.3 Å². The van der Waals surface area contributed by atoms with E-state index in [9.17, 15) is 24.0 Å². The van der Waals surface area contributed by atoms with Crippen molar-refractivity contribution in [3.63, 3.8) is 0 Å². The fraction of sp³-hybridized carbons (Fsp3) is 0.431. The molecule has 5 amide bonds. The van der Waals surface area contributed by atoms with E-state index in [-0.39, 0.29) is 86.0 Å². The first-order chi connectivity index (χ1) is 41.7. The molecule has 25 heteroatoms. The number of halogens is 3. The number of ether oxygens (including phenoxy) is 1. The number of carbonyl (C=O) groups excluding carboxylic acids is 5. The number of amides is 5. The first kappa shape index (κ1) is 68.1. The molecule has 4 fully saturated rings. The number of imidazole rings is 2. The van der Waals surface area contributed by atoms with Crippen molar-refractivity contribution in [1.29, 1.82) is 0 Å². The average molecular weight is 1290 g/mol. The van der Waals surface area contributed by atoms with Gasteiger partial charge in [-0.05, 0) is 159 Å². The summed E-state index contributed by atoms with van der Waals surface area (Å²) < 4.78 is 14.3. The van der Waals surface area contributed by atoms with Crippen LogP contribution < -0.4 is 26.6 Å². The van der Waals surface area contributed by atoms with Crippen molar-refractivity contribution in [3.05, 3.63) is 121 Å². The minimum Gasteiger partial charge on any atom is -0.444 e. The Bertz CT molecular complexity index is 3970. The van der Waals surface area contributed by atoms with Gasteiger partial charge in [-0.2, -0.15) is 0 Å². The van der Waals surface area contributed by atoms with Gasteiger partial charge in [0, 0.05) is 113 Å². The number of aryl methyl sites for hydroxylation is 2. The number of carbonyl (C=O) groups is 5. The number of nitrogens with zero attached hydrogens (tertiary/aromatic N) is 11. The van der Waals surface area contributed by atoms with Gasteiger partial charge in [-0.25, -0.2) is 24.7 Å². The average Bonchev–Trinajstić information content (AvgIpc) is 1.63. The Balaban J connectivity index is 0.000000227. The standard InChI is InChI=1S/C35H44N8O4.C30H36N8O2.3ClH/c1-35(2,3)47-34(46)42-20-26(37-30(44)10-8-16-40(4)5)27(21-42)39-33(45)24-13-14-28-25(17-24)38-32(41(28)6)29-18-23-9-7-15-36-31(23)43(29)19-22-11-12-22;1-36(2)13-5-7-27(39)33-23-16-31-17-24(23)35-30(40)21-10-11-25-22(14-21)34-29(37(25)3)26-15-20-6-4-12-32-28(20)38(26)18-19-8-9-19;;;/h7-10,13-15,17-18,22,26-27H,11-12,16,19-21H2,1-6H3,(H,37,44)(H,39,45);4-7,10-12,14-15,19,23-24,31H,8-9,13,16-18H2,1-3H3,(H,33,39)(H,35,40);3*1H/b10-8+;7-5+;;;/t26-,27-;23-,24-;;;/m11.../s1. The van der Waals surface area contributed by atoms with E-state index in [2.05, 4.69) is 79.1 Å². The summed E-state index contributed by atoms with van der Waals surface area (Å²) in [5.41, 5.74) is 7.61. The van der Waals surface area contributed by atoms with Crippen LogP contribution in [0.5, 0.6) is 0 Å². The maximum absolute atomic E-state index is 13.7. The molecule has 6 aromatic heterocycles. The minimum atomic E-state index is -0.675. The molecule has 2 aromatic carbocycles. The molecule has 8 aromatic rings. The van der Waals surface area contributed by atoms with Crippen LogP contribution in [0, 0.1) is 11.8 Å². The molecule has 90 heavy (non-hydrogen) atoms. The Hall–Kier alpha value is -7.86. The molecular weight excluding hydrogens is 1210 g/mol. The molecule has 2 aliphatic heterocycles. The van der Waals surface area contributed by atoms with E-state index in [1.165, 1.54) is 36.7 Å². The number of benzene rings is 2. The molecular formula is C65H83Cl3N16O6. The highest BCUT2D eigenvalue weighted by Gasteiger charge is 2.39. The highest BCUT2D eigenvalue weighted by atomic mass is 35.5. The number of aromatic nitrogens is 8. The third-order valence-corrected chi connectivity index (χ3v) is 16.3. The van der Waals surface area contributed by atoms with Crippen molar-refractivity contribution in [2.24, 2.45) is 25.9 Å². The molecule has 4 atom stereocenters. The zero-order valence-corrected chi connectivity index (χ0v) is 54.9. The van der Waals surface area contributed by atoms with Crippen molar-refractivity contribution < 1.29 is 28.7 Å². The molecule has 2 aliphatic carbocycles.